The van der Waals surface area contributed by atoms with Crippen molar-refractivity contribution in [3.63, 3.8) is 0 Å². The summed E-state index contributed by atoms with van der Waals surface area (Å²) < 4.78 is 44.6. The molecule has 4 rings (SSSR count). The number of benzene rings is 2. The molecule has 0 amide bonds. The number of nitrogens with zero attached hydrogens (tertiary/aromatic N) is 3. The third-order valence-corrected chi connectivity index (χ3v) is 5.47. The number of aromatic nitrogens is 3. The van der Waals surface area contributed by atoms with Crippen molar-refractivity contribution >= 4 is 31.8 Å². The van der Waals surface area contributed by atoms with E-state index in [1.807, 2.05) is 30.3 Å². The highest BCUT2D eigenvalue weighted by atomic mass is 32.2. The van der Waals surface area contributed by atoms with Gasteiger partial charge in [0.1, 0.15) is 10.8 Å². The van der Waals surface area contributed by atoms with Crippen molar-refractivity contribution in [1.29, 1.82) is 0 Å². The molecule has 2 aromatic heterocycles. The van der Waals surface area contributed by atoms with Crippen LogP contribution in [0.25, 0.3) is 21.3 Å². The lowest BCUT2D eigenvalue weighted by Gasteiger charge is -2.03. The number of hydrogen-bond donors (Lipinski definition) is 2. The molecule has 0 aliphatic carbocycles. The first-order valence-corrected chi connectivity index (χ1v) is 10.5. The van der Waals surface area contributed by atoms with Crippen LogP contribution in [0.3, 0.4) is 0 Å². The molecule has 0 fully saturated rings. The van der Waals surface area contributed by atoms with E-state index in [4.69, 9.17) is 9.56 Å². The lowest BCUT2D eigenvalue weighted by Crippen LogP contribution is -2.30. The highest BCUT2D eigenvalue weighted by Crippen LogP contribution is 2.32. The molecule has 3 N–H and O–H groups in total. The summed E-state index contributed by atoms with van der Waals surface area (Å²) in [6, 6.07) is 12.8. The first-order valence-electron chi connectivity index (χ1n) is 8.11. The lowest BCUT2D eigenvalue weighted by atomic mass is 10.1. The number of rotatable bonds is 6. The van der Waals surface area contributed by atoms with E-state index >= 15 is 0 Å². The standard InChI is InChI=1S/C17H14FN5O3S2/c18-16-11(10-4-2-1-3-5-10)6-7-12-17(16)27-15(21-12)8-13-22-23-14(26-13)9-20-28(19,24)25/h1-7,20H,8-9H2,(H2,19,24,25). The van der Waals surface area contributed by atoms with Crippen LogP contribution in [0.2, 0.25) is 0 Å². The predicted octanol–water partition coefficient (Wildman–Crippen LogP) is 2.37. The second-order valence-electron chi connectivity index (χ2n) is 5.88. The predicted molar refractivity (Wildman–Crippen MR) is 102 cm³/mol. The molecule has 0 aliphatic rings. The largest absolute Gasteiger partial charge is 0.423 e. The molecule has 144 valence electrons. The highest BCUT2D eigenvalue weighted by molar-refractivity contribution is 7.87. The fourth-order valence-corrected chi connectivity index (χ4v) is 3.96. The zero-order chi connectivity index (χ0) is 19.7. The molecule has 8 nitrogen and oxygen atoms in total. The van der Waals surface area contributed by atoms with Crippen LogP contribution in [-0.2, 0) is 23.2 Å². The van der Waals surface area contributed by atoms with Crippen molar-refractivity contribution in [2.75, 3.05) is 0 Å². The van der Waals surface area contributed by atoms with E-state index in [0.29, 0.717) is 20.8 Å². The van der Waals surface area contributed by atoms with Crippen LogP contribution in [0.5, 0.6) is 0 Å². The molecule has 28 heavy (non-hydrogen) atoms. The quantitative estimate of drug-likeness (QED) is 0.494. The van der Waals surface area contributed by atoms with Gasteiger partial charge in [0, 0.05) is 5.56 Å². The van der Waals surface area contributed by atoms with Crippen molar-refractivity contribution in [2.45, 2.75) is 13.0 Å². The van der Waals surface area contributed by atoms with Gasteiger partial charge in [0.15, 0.2) is 0 Å². The van der Waals surface area contributed by atoms with Crippen molar-refractivity contribution in [1.82, 2.24) is 19.9 Å². The third-order valence-electron chi connectivity index (χ3n) is 3.86. The van der Waals surface area contributed by atoms with E-state index in [1.165, 1.54) is 11.3 Å². The summed E-state index contributed by atoms with van der Waals surface area (Å²) in [5.41, 5.74) is 1.85. The third kappa shape index (κ3) is 4.07. The Kier molecular flexibility index (Phi) is 4.89. The van der Waals surface area contributed by atoms with Crippen molar-refractivity contribution in [3.8, 4) is 11.1 Å². The number of thiazole rings is 1. The van der Waals surface area contributed by atoms with Gasteiger partial charge < -0.3 is 4.42 Å². The Balaban J connectivity index is 1.57. The average Bonchev–Trinajstić information content (AvgIpc) is 3.28. The van der Waals surface area contributed by atoms with Gasteiger partial charge in [0.05, 0.1) is 23.2 Å². The topological polar surface area (TPSA) is 124 Å². The molecular formula is C17H14FN5O3S2. The molecule has 2 heterocycles. The Hall–Kier alpha value is -2.73. The van der Waals surface area contributed by atoms with Crippen molar-refractivity contribution in [3.05, 3.63) is 65.1 Å². The normalized spacial score (nSPS) is 11.9. The van der Waals surface area contributed by atoms with E-state index in [1.54, 1.807) is 12.1 Å². The summed E-state index contributed by atoms with van der Waals surface area (Å²) in [6.45, 7) is -0.208. The maximum absolute atomic E-state index is 15.0. The fraction of sp³-hybridized carbons (Fsp3) is 0.118. The van der Waals surface area contributed by atoms with Gasteiger partial charge in [-0.2, -0.15) is 13.1 Å². The molecular weight excluding hydrogens is 405 g/mol. The first kappa shape index (κ1) is 18.6. The molecule has 0 atom stereocenters. The van der Waals surface area contributed by atoms with Crippen LogP contribution in [0.4, 0.5) is 4.39 Å². The molecule has 0 spiro atoms. The summed E-state index contributed by atoms with van der Waals surface area (Å²) in [7, 11) is -3.85. The van der Waals surface area contributed by atoms with Crippen LogP contribution in [0.1, 0.15) is 16.8 Å². The van der Waals surface area contributed by atoms with E-state index in [0.717, 1.165) is 5.56 Å². The number of hydrogen-bond acceptors (Lipinski definition) is 7. The zero-order valence-electron chi connectivity index (χ0n) is 14.3. The first-order chi connectivity index (χ1) is 13.4. The number of halogens is 1. The van der Waals surface area contributed by atoms with Gasteiger partial charge >= 0.3 is 0 Å². The Morgan fingerprint density at radius 1 is 1.11 bits per heavy atom. The Labute approximate surface area is 163 Å². The SMILES string of the molecule is NS(=O)(=O)NCc1nnc(Cc2nc3ccc(-c4ccccc4)c(F)c3s2)o1. The smallest absolute Gasteiger partial charge is 0.274 e. The summed E-state index contributed by atoms with van der Waals surface area (Å²) in [6.07, 6.45) is 0.210. The van der Waals surface area contributed by atoms with Crippen molar-refractivity contribution in [2.24, 2.45) is 5.14 Å². The molecule has 0 unspecified atom stereocenters. The van der Waals surface area contributed by atoms with Crippen LogP contribution in [0, 0.1) is 5.82 Å². The van der Waals surface area contributed by atoms with Crippen LogP contribution < -0.4 is 9.86 Å². The van der Waals surface area contributed by atoms with Crippen LogP contribution in [0.15, 0.2) is 46.9 Å². The van der Waals surface area contributed by atoms with Gasteiger partial charge in [0.25, 0.3) is 10.2 Å². The van der Waals surface area contributed by atoms with E-state index in [2.05, 4.69) is 19.9 Å². The molecule has 0 saturated heterocycles. The molecule has 2 aromatic carbocycles. The minimum absolute atomic E-state index is 0.0719. The molecule has 0 radical (unpaired) electrons. The van der Waals surface area contributed by atoms with Crippen LogP contribution >= 0.6 is 11.3 Å². The molecule has 0 aliphatic heterocycles. The van der Waals surface area contributed by atoms with Crippen molar-refractivity contribution < 1.29 is 17.2 Å². The minimum atomic E-state index is -3.85. The second-order valence-corrected chi connectivity index (χ2v) is 8.34. The molecule has 4 aromatic rings. The number of nitrogens with one attached hydrogen (secondary N) is 1. The fourth-order valence-electron chi connectivity index (χ4n) is 2.65. The Bertz CT molecular complexity index is 1240. The maximum Gasteiger partial charge on any atom is 0.274 e. The second kappa shape index (κ2) is 7.36. The average molecular weight is 419 g/mol. The van der Waals surface area contributed by atoms with Gasteiger partial charge in [0.2, 0.25) is 11.8 Å². The van der Waals surface area contributed by atoms with Crippen LogP contribution in [-0.4, -0.2) is 23.6 Å². The highest BCUT2D eigenvalue weighted by Gasteiger charge is 2.16. The van der Waals surface area contributed by atoms with Gasteiger partial charge in [-0.25, -0.2) is 14.5 Å². The number of fused-ring (bicyclic) bond motifs is 1. The molecule has 0 bridgehead atoms. The van der Waals surface area contributed by atoms with Gasteiger partial charge in [-0.3, -0.25) is 0 Å². The van der Waals surface area contributed by atoms with E-state index < -0.39 is 10.2 Å². The van der Waals surface area contributed by atoms with E-state index in [-0.39, 0.29) is 30.6 Å². The summed E-state index contributed by atoms with van der Waals surface area (Å²) >= 11 is 1.21. The number of nitrogens with two attached hydrogens (primary N) is 1. The Morgan fingerprint density at radius 2 is 1.86 bits per heavy atom. The minimum Gasteiger partial charge on any atom is -0.423 e. The van der Waals surface area contributed by atoms with Gasteiger partial charge in [-0.15, -0.1) is 21.5 Å². The van der Waals surface area contributed by atoms with Gasteiger partial charge in [-0.05, 0) is 17.7 Å². The lowest BCUT2D eigenvalue weighted by molar-refractivity contribution is 0.451. The van der Waals surface area contributed by atoms with E-state index in [9.17, 15) is 12.8 Å². The molecule has 0 saturated carbocycles. The summed E-state index contributed by atoms with van der Waals surface area (Å²) in [5, 5.41) is 13.1. The zero-order valence-corrected chi connectivity index (χ0v) is 15.9. The monoisotopic (exact) mass is 419 g/mol. The summed E-state index contributed by atoms with van der Waals surface area (Å²) in [4.78, 5) is 4.42. The summed E-state index contributed by atoms with van der Waals surface area (Å²) in [5.74, 6) is -0.00679. The van der Waals surface area contributed by atoms with Gasteiger partial charge in [-0.1, -0.05) is 30.3 Å². The Morgan fingerprint density at radius 3 is 2.61 bits per heavy atom. The molecule has 11 heteroatoms. The maximum atomic E-state index is 15.0.